The summed E-state index contributed by atoms with van der Waals surface area (Å²) >= 11 is 6.18. The Bertz CT molecular complexity index is 830. The zero-order chi connectivity index (χ0) is 18.6. The van der Waals surface area contributed by atoms with E-state index in [-0.39, 0.29) is 16.9 Å². The predicted octanol–water partition coefficient (Wildman–Crippen LogP) is 4.42. The molecule has 0 spiro atoms. The van der Waals surface area contributed by atoms with Crippen molar-refractivity contribution in [2.75, 3.05) is 0 Å². The first kappa shape index (κ1) is 18.5. The van der Waals surface area contributed by atoms with E-state index in [1.165, 1.54) is 4.68 Å². The average molecular weight is 372 g/mol. The zero-order valence-corrected chi connectivity index (χ0v) is 15.8. The molecule has 1 aliphatic carbocycles. The maximum atomic E-state index is 13.0. The van der Waals surface area contributed by atoms with Crippen LogP contribution in [0.1, 0.15) is 68.0 Å². The molecule has 1 aromatic heterocycles. The van der Waals surface area contributed by atoms with Gasteiger partial charge in [-0.05, 0) is 45.1 Å². The largest absolute Gasteiger partial charge is 0.441 e. The number of benzene rings is 1. The normalized spacial score (nSPS) is 17.0. The van der Waals surface area contributed by atoms with Crippen LogP contribution in [-0.2, 0) is 4.74 Å². The molecular formula is C20H22ClN3O2. The lowest BCUT2D eigenvalue weighted by Gasteiger charge is -2.32. The van der Waals surface area contributed by atoms with Gasteiger partial charge >= 0.3 is 5.97 Å². The molecule has 1 aromatic carbocycles. The maximum Gasteiger partial charge on any atom is 0.361 e. The van der Waals surface area contributed by atoms with Crippen molar-refractivity contribution in [1.82, 2.24) is 15.0 Å². The van der Waals surface area contributed by atoms with E-state index in [0.717, 1.165) is 37.7 Å². The van der Waals surface area contributed by atoms with E-state index in [1.807, 2.05) is 37.3 Å². The average Bonchev–Trinajstić information content (AvgIpc) is 3.04. The Balaban J connectivity index is 1.90. The van der Waals surface area contributed by atoms with E-state index < -0.39 is 11.6 Å². The highest BCUT2D eigenvalue weighted by atomic mass is 35.5. The van der Waals surface area contributed by atoms with Gasteiger partial charge in [-0.2, -0.15) is 0 Å². The van der Waals surface area contributed by atoms with Gasteiger partial charge < -0.3 is 4.74 Å². The molecule has 6 heteroatoms. The minimum Gasteiger partial charge on any atom is -0.441 e. The molecule has 0 bridgehead atoms. The van der Waals surface area contributed by atoms with Gasteiger partial charge in [-0.3, -0.25) is 0 Å². The van der Waals surface area contributed by atoms with Crippen molar-refractivity contribution in [2.24, 2.45) is 0 Å². The molecule has 0 saturated heterocycles. The Labute approximate surface area is 158 Å². The van der Waals surface area contributed by atoms with Gasteiger partial charge in [0.25, 0.3) is 0 Å². The number of halogens is 1. The van der Waals surface area contributed by atoms with Gasteiger partial charge in [-0.1, -0.05) is 59.5 Å². The number of aromatic nitrogens is 3. The molecule has 0 radical (unpaired) electrons. The van der Waals surface area contributed by atoms with Crippen molar-refractivity contribution < 1.29 is 9.53 Å². The van der Waals surface area contributed by atoms with E-state index in [2.05, 4.69) is 22.2 Å². The predicted molar refractivity (Wildman–Crippen MR) is 100.0 cm³/mol. The summed E-state index contributed by atoms with van der Waals surface area (Å²) < 4.78 is 7.40. The third-order valence-corrected chi connectivity index (χ3v) is 5.05. The SMILES string of the molecule is CC#CC1(OC(=O)c2c(Cl)nnn2[C@H](C)c2ccccc2)CCCCC1. The summed E-state index contributed by atoms with van der Waals surface area (Å²) in [5, 5.41) is 8.01. The third-order valence-electron chi connectivity index (χ3n) is 4.80. The van der Waals surface area contributed by atoms with E-state index in [9.17, 15) is 4.79 Å². The number of ether oxygens (including phenoxy) is 1. The second kappa shape index (κ2) is 7.92. The van der Waals surface area contributed by atoms with Crippen LogP contribution in [0.15, 0.2) is 30.3 Å². The Morgan fingerprint density at radius 3 is 2.62 bits per heavy atom. The van der Waals surface area contributed by atoms with Crippen molar-refractivity contribution >= 4 is 17.6 Å². The zero-order valence-electron chi connectivity index (χ0n) is 15.0. The molecule has 1 aliphatic rings. The van der Waals surface area contributed by atoms with Gasteiger partial charge in [0.15, 0.2) is 16.4 Å². The quantitative estimate of drug-likeness (QED) is 0.589. The van der Waals surface area contributed by atoms with Crippen molar-refractivity contribution in [2.45, 2.75) is 57.6 Å². The van der Waals surface area contributed by atoms with Crippen molar-refractivity contribution in [3.05, 3.63) is 46.7 Å². The third kappa shape index (κ3) is 3.76. The lowest BCUT2D eigenvalue weighted by molar-refractivity contribution is -0.00800. The lowest BCUT2D eigenvalue weighted by atomic mass is 9.85. The number of hydrogen-bond acceptors (Lipinski definition) is 4. The first-order valence-corrected chi connectivity index (χ1v) is 9.27. The van der Waals surface area contributed by atoms with Crippen LogP contribution in [0, 0.1) is 11.8 Å². The molecule has 5 nitrogen and oxygen atoms in total. The summed E-state index contributed by atoms with van der Waals surface area (Å²) in [6.45, 7) is 3.71. The molecule has 1 atom stereocenters. The minimum atomic E-state index is -0.738. The molecule has 3 rings (SSSR count). The molecule has 0 unspecified atom stereocenters. The smallest absolute Gasteiger partial charge is 0.361 e. The standard InChI is InChI=1S/C20H22ClN3O2/c1-3-12-20(13-8-5-9-14-20)26-19(25)17-18(21)22-23-24(17)15(2)16-10-6-4-7-11-16/h4,6-7,10-11,15H,5,8-9,13-14H2,1-2H3/t15-/m1/s1. The Kier molecular flexibility index (Phi) is 5.63. The van der Waals surface area contributed by atoms with Crippen LogP contribution in [0.4, 0.5) is 0 Å². The fourth-order valence-corrected chi connectivity index (χ4v) is 3.62. The van der Waals surface area contributed by atoms with Gasteiger partial charge in [0.1, 0.15) is 0 Å². The molecule has 0 aliphatic heterocycles. The topological polar surface area (TPSA) is 57.0 Å². The Morgan fingerprint density at radius 2 is 1.96 bits per heavy atom. The number of carbonyl (C=O) groups excluding carboxylic acids is 1. The summed E-state index contributed by atoms with van der Waals surface area (Å²) in [5.74, 6) is 5.49. The van der Waals surface area contributed by atoms with Gasteiger partial charge in [0.2, 0.25) is 0 Å². The molecule has 1 fully saturated rings. The summed E-state index contributed by atoms with van der Waals surface area (Å²) in [7, 11) is 0. The molecule has 136 valence electrons. The fraction of sp³-hybridized carbons (Fsp3) is 0.450. The summed E-state index contributed by atoms with van der Waals surface area (Å²) in [5.41, 5.74) is 0.438. The number of carbonyl (C=O) groups is 1. The Hall–Kier alpha value is -2.32. The molecule has 0 amide bonds. The van der Waals surface area contributed by atoms with Gasteiger partial charge in [0, 0.05) is 0 Å². The second-order valence-corrected chi connectivity index (χ2v) is 6.94. The van der Waals surface area contributed by atoms with Crippen LogP contribution in [0.25, 0.3) is 0 Å². The van der Waals surface area contributed by atoms with Crippen LogP contribution in [0.2, 0.25) is 5.15 Å². The highest BCUT2D eigenvalue weighted by molar-refractivity contribution is 6.32. The van der Waals surface area contributed by atoms with Crippen LogP contribution in [-0.4, -0.2) is 26.6 Å². The van der Waals surface area contributed by atoms with Crippen molar-refractivity contribution in [3.8, 4) is 11.8 Å². The lowest BCUT2D eigenvalue weighted by Crippen LogP contribution is -2.36. The number of esters is 1. The maximum absolute atomic E-state index is 13.0. The van der Waals surface area contributed by atoms with Crippen molar-refractivity contribution in [3.63, 3.8) is 0 Å². The number of hydrogen-bond donors (Lipinski definition) is 0. The summed E-state index contributed by atoms with van der Waals surface area (Å²) in [6.07, 6.45) is 4.61. The molecular weight excluding hydrogens is 350 g/mol. The number of rotatable bonds is 4. The fourth-order valence-electron chi connectivity index (χ4n) is 3.42. The summed E-state index contributed by atoms with van der Waals surface area (Å²) in [4.78, 5) is 13.0. The van der Waals surface area contributed by atoms with E-state index in [4.69, 9.17) is 16.3 Å². The monoisotopic (exact) mass is 371 g/mol. The number of nitrogens with zero attached hydrogens (tertiary/aromatic N) is 3. The first-order chi connectivity index (χ1) is 12.6. The molecule has 1 saturated carbocycles. The van der Waals surface area contributed by atoms with Gasteiger partial charge in [-0.25, -0.2) is 9.48 Å². The van der Waals surface area contributed by atoms with E-state index in [0.29, 0.717) is 0 Å². The molecule has 26 heavy (non-hydrogen) atoms. The molecule has 2 aromatic rings. The van der Waals surface area contributed by atoms with Crippen LogP contribution in [0.3, 0.4) is 0 Å². The van der Waals surface area contributed by atoms with Crippen LogP contribution in [0.5, 0.6) is 0 Å². The molecule has 1 heterocycles. The van der Waals surface area contributed by atoms with Crippen LogP contribution >= 0.6 is 11.6 Å². The Morgan fingerprint density at radius 1 is 1.27 bits per heavy atom. The van der Waals surface area contributed by atoms with Gasteiger partial charge in [0.05, 0.1) is 6.04 Å². The second-order valence-electron chi connectivity index (χ2n) is 6.58. The van der Waals surface area contributed by atoms with Crippen molar-refractivity contribution in [1.29, 1.82) is 0 Å². The van der Waals surface area contributed by atoms with E-state index in [1.54, 1.807) is 6.92 Å². The minimum absolute atomic E-state index is 0.0493. The van der Waals surface area contributed by atoms with E-state index >= 15 is 0 Å². The summed E-state index contributed by atoms with van der Waals surface area (Å²) in [6, 6.07) is 9.57. The molecule has 0 N–H and O–H groups in total. The highest BCUT2D eigenvalue weighted by Crippen LogP contribution is 2.33. The van der Waals surface area contributed by atoms with Crippen LogP contribution < -0.4 is 0 Å². The van der Waals surface area contributed by atoms with Gasteiger partial charge in [-0.15, -0.1) is 11.0 Å². The first-order valence-electron chi connectivity index (χ1n) is 8.89. The highest BCUT2D eigenvalue weighted by Gasteiger charge is 2.37.